The van der Waals surface area contributed by atoms with Crippen LogP contribution >= 0.6 is 0 Å². The first kappa shape index (κ1) is 17.3. The van der Waals surface area contributed by atoms with Crippen molar-refractivity contribution >= 4 is 11.8 Å². The molecule has 0 saturated carbocycles. The summed E-state index contributed by atoms with van der Waals surface area (Å²) in [6, 6.07) is 10.5. The van der Waals surface area contributed by atoms with Crippen LogP contribution < -0.4 is 20.1 Å². The van der Waals surface area contributed by atoms with Gasteiger partial charge in [-0.2, -0.15) is 9.97 Å². The van der Waals surface area contributed by atoms with Gasteiger partial charge in [0, 0.05) is 31.1 Å². The lowest BCUT2D eigenvalue weighted by molar-refractivity contribution is 0.292. The predicted molar refractivity (Wildman–Crippen MR) is 98.4 cm³/mol. The fraction of sp³-hybridized carbons (Fsp3) is 0.444. The van der Waals surface area contributed by atoms with E-state index in [4.69, 9.17) is 15.2 Å². The molecular formula is C18H25N5O2. The van der Waals surface area contributed by atoms with Gasteiger partial charge in [0.15, 0.2) is 0 Å². The Labute approximate surface area is 148 Å². The molecule has 7 heteroatoms. The molecule has 0 bridgehead atoms. The number of nitrogen functional groups attached to an aromatic ring is 1. The van der Waals surface area contributed by atoms with E-state index in [1.54, 1.807) is 14.2 Å². The second-order valence-electron chi connectivity index (χ2n) is 6.44. The topological polar surface area (TPSA) is 76.7 Å². The lowest BCUT2D eigenvalue weighted by Crippen LogP contribution is -2.34. The Balaban J connectivity index is 1.88. The summed E-state index contributed by atoms with van der Waals surface area (Å²) in [5.74, 6) is 2.74. The molecule has 2 heterocycles. The fourth-order valence-electron chi connectivity index (χ4n) is 3.37. The number of methoxy groups -OCH3 is 2. The third kappa shape index (κ3) is 3.61. The third-order valence-corrected chi connectivity index (χ3v) is 4.74. The first-order valence-corrected chi connectivity index (χ1v) is 8.25. The summed E-state index contributed by atoms with van der Waals surface area (Å²) in [6.07, 6.45) is 0. The maximum atomic E-state index is 5.82. The van der Waals surface area contributed by atoms with Crippen LogP contribution in [0.15, 0.2) is 30.3 Å². The lowest BCUT2D eigenvalue weighted by Gasteiger charge is -2.25. The summed E-state index contributed by atoms with van der Waals surface area (Å²) in [5, 5.41) is 0. The van der Waals surface area contributed by atoms with Gasteiger partial charge in [0.25, 0.3) is 0 Å². The van der Waals surface area contributed by atoms with E-state index < -0.39 is 0 Å². The van der Waals surface area contributed by atoms with E-state index in [9.17, 15) is 0 Å². The molecule has 3 rings (SSSR count). The minimum absolute atomic E-state index is 0.226. The van der Waals surface area contributed by atoms with Crippen LogP contribution in [0.25, 0.3) is 0 Å². The molecule has 7 nitrogen and oxygen atoms in total. The largest absolute Gasteiger partial charge is 0.497 e. The fourth-order valence-corrected chi connectivity index (χ4v) is 3.37. The third-order valence-electron chi connectivity index (χ3n) is 4.74. The van der Waals surface area contributed by atoms with Gasteiger partial charge in [-0.25, -0.2) is 0 Å². The van der Waals surface area contributed by atoms with Gasteiger partial charge < -0.3 is 25.0 Å². The second-order valence-corrected chi connectivity index (χ2v) is 6.44. The lowest BCUT2D eigenvalue weighted by atomic mass is 9.93. The van der Waals surface area contributed by atoms with Crippen LogP contribution in [0.3, 0.4) is 0 Å². The Morgan fingerprint density at radius 3 is 2.40 bits per heavy atom. The molecule has 25 heavy (non-hydrogen) atoms. The van der Waals surface area contributed by atoms with Gasteiger partial charge in [-0.15, -0.1) is 0 Å². The van der Waals surface area contributed by atoms with Crippen LogP contribution in [0.5, 0.6) is 11.6 Å². The number of benzene rings is 1. The molecule has 1 aliphatic rings. The van der Waals surface area contributed by atoms with E-state index in [2.05, 4.69) is 46.0 Å². The molecule has 134 valence electrons. The van der Waals surface area contributed by atoms with E-state index in [0.29, 0.717) is 17.8 Å². The van der Waals surface area contributed by atoms with Gasteiger partial charge in [-0.05, 0) is 31.8 Å². The van der Waals surface area contributed by atoms with Gasteiger partial charge in [0.1, 0.15) is 11.6 Å². The smallest absolute Gasteiger partial charge is 0.225 e. The maximum absolute atomic E-state index is 5.82. The molecular weight excluding hydrogens is 318 g/mol. The van der Waals surface area contributed by atoms with Crippen LogP contribution in [0.1, 0.15) is 11.5 Å². The van der Waals surface area contributed by atoms with Crippen molar-refractivity contribution in [3.05, 3.63) is 35.9 Å². The van der Waals surface area contributed by atoms with Crippen LogP contribution in [-0.2, 0) is 0 Å². The van der Waals surface area contributed by atoms with E-state index >= 15 is 0 Å². The first-order valence-electron chi connectivity index (χ1n) is 8.25. The number of nitrogens with two attached hydrogens (primary N) is 1. The van der Waals surface area contributed by atoms with E-state index in [1.807, 2.05) is 18.2 Å². The molecule has 0 unspecified atom stereocenters. The molecule has 1 aromatic heterocycles. The molecule has 1 aromatic carbocycles. The Morgan fingerprint density at radius 1 is 1.08 bits per heavy atom. The molecule has 2 atom stereocenters. The quantitative estimate of drug-likeness (QED) is 0.884. The molecule has 0 radical (unpaired) electrons. The van der Waals surface area contributed by atoms with Crippen molar-refractivity contribution in [2.45, 2.75) is 12.0 Å². The Hall–Kier alpha value is -2.54. The molecule has 0 spiro atoms. The first-order chi connectivity index (χ1) is 12.0. The highest BCUT2D eigenvalue weighted by molar-refractivity contribution is 5.48. The highest BCUT2D eigenvalue weighted by atomic mass is 16.5. The second kappa shape index (κ2) is 7.14. The van der Waals surface area contributed by atoms with Gasteiger partial charge >= 0.3 is 0 Å². The van der Waals surface area contributed by atoms with Crippen molar-refractivity contribution < 1.29 is 9.47 Å². The average Bonchev–Trinajstić information content (AvgIpc) is 3.07. The Kier molecular flexibility index (Phi) is 4.94. The maximum Gasteiger partial charge on any atom is 0.225 e. The van der Waals surface area contributed by atoms with E-state index in [0.717, 1.165) is 24.7 Å². The summed E-state index contributed by atoms with van der Waals surface area (Å²) < 4.78 is 10.5. The van der Waals surface area contributed by atoms with Gasteiger partial charge in [-0.1, -0.05) is 12.1 Å². The average molecular weight is 343 g/mol. The predicted octanol–water partition coefficient (Wildman–Crippen LogP) is 1.61. The van der Waals surface area contributed by atoms with Crippen molar-refractivity contribution in [3.8, 4) is 11.6 Å². The zero-order valence-corrected chi connectivity index (χ0v) is 15.1. The summed E-state index contributed by atoms with van der Waals surface area (Å²) in [6.45, 7) is 1.72. The number of aromatic nitrogens is 2. The number of hydrogen-bond acceptors (Lipinski definition) is 7. The van der Waals surface area contributed by atoms with Gasteiger partial charge in [0.05, 0.1) is 14.2 Å². The monoisotopic (exact) mass is 343 g/mol. The van der Waals surface area contributed by atoms with Crippen molar-refractivity contribution in [2.75, 3.05) is 52.0 Å². The molecule has 2 N–H and O–H groups in total. The Morgan fingerprint density at radius 2 is 1.80 bits per heavy atom. The van der Waals surface area contributed by atoms with Crippen LogP contribution in [0.4, 0.5) is 11.8 Å². The number of anilines is 2. The summed E-state index contributed by atoms with van der Waals surface area (Å²) in [7, 11) is 7.49. The van der Waals surface area contributed by atoms with Crippen LogP contribution in [0.2, 0.25) is 0 Å². The van der Waals surface area contributed by atoms with Gasteiger partial charge in [0.2, 0.25) is 11.8 Å². The van der Waals surface area contributed by atoms with Gasteiger partial charge in [-0.3, -0.25) is 0 Å². The summed E-state index contributed by atoms with van der Waals surface area (Å²) in [4.78, 5) is 13.0. The highest BCUT2D eigenvalue weighted by Gasteiger charge is 2.36. The summed E-state index contributed by atoms with van der Waals surface area (Å²) >= 11 is 0. The van der Waals surface area contributed by atoms with Crippen molar-refractivity contribution in [1.29, 1.82) is 0 Å². The molecule has 1 aliphatic heterocycles. The van der Waals surface area contributed by atoms with E-state index in [-0.39, 0.29) is 5.95 Å². The van der Waals surface area contributed by atoms with Crippen molar-refractivity contribution in [1.82, 2.24) is 14.9 Å². The SMILES string of the molecule is COc1ccc([C@@H]2CN(c3cc(OC)nc(N)n3)C[C@H]2N(C)C)cc1. The normalized spacial score (nSPS) is 20.1. The highest BCUT2D eigenvalue weighted by Crippen LogP contribution is 2.34. The summed E-state index contributed by atoms with van der Waals surface area (Å²) in [5.41, 5.74) is 7.11. The number of ether oxygens (including phenoxy) is 2. The molecule has 2 aromatic rings. The van der Waals surface area contributed by atoms with Crippen LogP contribution in [0, 0.1) is 0 Å². The minimum atomic E-state index is 0.226. The number of rotatable bonds is 5. The number of hydrogen-bond donors (Lipinski definition) is 1. The van der Waals surface area contributed by atoms with Crippen LogP contribution in [-0.4, -0.2) is 62.3 Å². The van der Waals surface area contributed by atoms with Crippen molar-refractivity contribution in [2.24, 2.45) is 0 Å². The van der Waals surface area contributed by atoms with E-state index in [1.165, 1.54) is 5.56 Å². The number of likely N-dealkylation sites (N-methyl/N-ethyl adjacent to an activating group) is 1. The zero-order chi connectivity index (χ0) is 18.0. The molecule has 1 saturated heterocycles. The standard InChI is InChI=1S/C18H25N5O2/c1-22(2)15-11-23(16-9-17(25-4)21-18(19)20-16)10-14(15)12-5-7-13(24-3)8-6-12/h5-9,14-15H,10-11H2,1-4H3,(H2,19,20,21)/t14-,15+/m0/s1. The zero-order valence-electron chi connectivity index (χ0n) is 15.1. The minimum Gasteiger partial charge on any atom is -0.497 e. The molecule has 0 amide bonds. The molecule has 0 aliphatic carbocycles. The number of nitrogens with zero attached hydrogens (tertiary/aromatic N) is 4. The Bertz CT molecular complexity index is 720. The van der Waals surface area contributed by atoms with Crippen molar-refractivity contribution in [3.63, 3.8) is 0 Å². The molecule has 1 fully saturated rings.